The quantitative estimate of drug-likeness (QED) is 0.618. The van der Waals surface area contributed by atoms with Crippen molar-refractivity contribution in [3.05, 3.63) is 70.8 Å². The van der Waals surface area contributed by atoms with Crippen LogP contribution in [0.25, 0.3) is 10.8 Å². The Labute approximate surface area is 149 Å². The predicted octanol–water partition coefficient (Wildman–Crippen LogP) is 5.04. The average Bonchev–Trinajstić information content (AvgIpc) is 2.56. The number of aromatic nitrogens is 1. The highest BCUT2D eigenvalue weighted by molar-refractivity contribution is 9.10. The third-order valence-corrected chi connectivity index (χ3v) is 4.30. The summed E-state index contributed by atoms with van der Waals surface area (Å²) in [4.78, 5) is 4.26. The predicted molar refractivity (Wildman–Crippen MR) is 104 cm³/mol. The van der Waals surface area contributed by atoms with Crippen molar-refractivity contribution in [1.82, 2.24) is 10.3 Å². The van der Waals surface area contributed by atoms with E-state index in [-0.39, 0.29) is 6.04 Å². The Balaban J connectivity index is 1.74. The van der Waals surface area contributed by atoms with Crippen LogP contribution in [0, 0.1) is 0 Å². The van der Waals surface area contributed by atoms with Crippen molar-refractivity contribution in [1.29, 1.82) is 0 Å². The van der Waals surface area contributed by atoms with E-state index in [1.165, 1.54) is 16.3 Å². The molecule has 0 aliphatic heterocycles. The van der Waals surface area contributed by atoms with Gasteiger partial charge in [-0.3, -0.25) is 0 Å². The first-order valence-electron chi connectivity index (χ1n) is 7.30. The van der Waals surface area contributed by atoms with E-state index in [9.17, 15) is 0 Å². The SMILES string of the molecule is C[C@H](NC(=S)Nc1ccc(Br)cn1)c1cccc2ccccc12. The topological polar surface area (TPSA) is 37.0 Å². The number of fused-ring (bicyclic) bond motifs is 1. The molecule has 3 nitrogen and oxygen atoms in total. The molecule has 0 fully saturated rings. The second-order valence-electron chi connectivity index (χ2n) is 5.25. The Morgan fingerprint density at radius 3 is 2.65 bits per heavy atom. The summed E-state index contributed by atoms with van der Waals surface area (Å²) in [5.41, 5.74) is 1.22. The van der Waals surface area contributed by atoms with Gasteiger partial charge in [0.2, 0.25) is 0 Å². The van der Waals surface area contributed by atoms with Crippen LogP contribution in [0.2, 0.25) is 0 Å². The second-order valence-corrected chi connectivity index (χ2v) is 6.57. The van der Waals surface area contributed by atoms with Crippen LogP contribution in [-0.2, 0) is 0 Å². The molecule has 0 aliphatic rings. The number of halogens is 1. The molecule has 0 saturated carbocycles. The lowest BCUT2D eigenvalue weighted by Crippen LogP contribution is -2.31. The number of nitrogens with one attached hydrogen (secondary N) is 2. The zero-order valence-electron chi connectivity index (χ0n) is 12.6. The van der Waals surface area contributed by atoms with Crippen LogP contribution >= 0.6 is 28.1 Å². The van der Waals surface area contributed by atoms with Gasteiger partial charge in [-0.2, -0.15) is 0 Å². The third-order valence-electron chi connectivity index (χ3n) is 3.61. The molecule has 116 valence electrons. The highest BCUT2D eigenvalue weighted by Gasteiger charge is 2.10. The fourth-order valence-corrected chi connectivity index (χ4v) is 3.02. The number of nitrogens with zero attached hydrogens (tertiary/aromatic N) is 1. The van der Waals surface area contributed by atoms with E-state index in [2.05, 4.69) is 80.9 Å². The summed E-state index contributed by atoms with van der Waals surface area (Å²) in [7, 11) is 0. The highest BCUT2D eigenvalue weighted by Crippen LogP contribution is 2.24. The monoisotopic (exact) mass is 385 g/mol. The summed E-state index contributed by atoms with van der Waals surface area (Å²) in [5, 5.41) is 9.45. The molecule has 5 heteroatoms. The lowest BCUT2D eigenvalue weighted by atomic mass is 10.00. The number of pyridine rings is 1. The summed E-state index contributed by atoms with van der Waals surface area (Å²) in [6.45, 7) is 2.10. The van der Waals surface area contributed by atoms with Crippen molar-refractivity contribution in [2.75, 3.05) is 5.32 Å². The summed E-state index contributed by atoms with van der Waals surface area (Å²) in [6.07, 6.45) is 1.74. The fourth-order valence-electron chi connectivity index (χ4n) is 2.50. The zero-order valence-corrected chi connectivity index (χ0v) is 15.0. The van der Waals surface area contributed by atoms with E-state index >= 15 is 0 Å². The van der Waals surface area contributed by atoms with Gasteiger partial charge in [0.1, 0.15) is 5.82 Å². The standard InChI is InChI=1S/C18H16BrN3S/c1-12(15-8-4-6-13-5-2-3-7-16(13)15)21-18(23)22-17-10-9-14(19)11-20-17/h2-12H,1H3,(H2,20,21,22,23)/t12-/m0/s1. The van der Waals surface area contributed by atoms with Gasteiger partial charge in [0, 0.05) is 10.7 Å². The molecular formula is C18H16BrN3S. The molecule has 3 aromatic rings. The van der Waals surface area contributed by atoms with Crippen LogP contribution in [0.3, 0.4) is 0 Å². The molecule has 1 atom stereocenters. The first-order chi connectivity index (χ1) is 11.1. The van der Waals surface area contributed by atoms with Crippen molar-refractivity contribution in [2.24, 2.45) is 0 Å². The normalized spacial score (nSPS) is 11.9. The van der Waals surface area contributed by atoms with Gasteiger partial charge in [0.25, 0.3) is 0 Å². The summed E-state index contributed by atoms with van der Waals surface area (Å²) in [5.74, 6) is 0.718. The second kappa shape index (κ2) is 7.06. The average molecular weight is 386 g/mol. The molecule has 1 aromatic heterocycles. The molecule has 2 aromatic carbocycles. The largest absolute Gasteiger partial charge is 0.356 e. The molecular weight excluding hydrogens is 370 g/mol. The minimum atomic E-state index is 0.0940. The van der Waals surface area contributed by atoms with E-state index in [1.54, 1.807) is 6.20 Å². The Morgan fingerprint density at radius 1 is 1.09 bits per heavy atom. The molecule has 0 bridgehead atoms. The molecule has 3 rings (SSSR count). The first kappa shape index (κ1) is 15.9. The maximum absolute atomic E-state index is 5.39. The van der Waals surface area contributed by atoms with Gasteiger partial charge in [0.15, 0.2) is 5.11 Å². The van der Waals surface area contributed by atoms with Gasteiger partial charge in [-0.15, -0.1) is 0 Å². The van der Waals surface area contributed by atoms with Gasteiger partial charge in [-0.05, 0) is 63.5 Å². The lowest BCUT2D eigenvalue weighted by molar-refractivity contribution is 0.728. The number of hydrogen-bond acceptors (Lipinski definition) is 2. The number of thiocarbonyl (C=S) groups is 1. The van der Waals surface area contributed by atoms with E-state index < -0.39 is 0 Å². The maximum atomic E-state index is 5.39. The van der Waals surface area contributed by atoms with Crippen LogP contribution in [-0.4, -0.2) is 10.1 Å². The molecule has 0 spiro atoms. The van der Waals surface area contributed by atoms with Crippen LogP contribution < -0.4 is 10.6 Å². The number of anilines is 1. The molecule has 23 heavy (non-hydrogen) atoms. The number of hydrogen-bond donors (Lipinski definition) is 2. The van der Waals surface area contributed by atoms with Gasteiger partial charge in [0.05, 0.1) is 6.04 Å². The Kier molecular flexibility index (Phi) is 4.88. The molecule has 1 heterocycles. The lowest BCUT2D eigenvalue weighted by Gasteiger charge is -2.18. The smallest absolute Gasteiger partial charge is 0.172 e. The zero-order chi connectivity index (χ0) is 16.2. The maximum Gasteiger partial charge on any atom is 0.172 e. The van der Waals surface area contributed by atoms with Crippen LogP contribution in [0.4, 0.5) is 5.82 Å². The van der Waals surface area contributed by atoms with Gasteiger partial charge < -0.3 is 10.6 Å². The number of benzene rings is 2. The van der Waals surface area contributed by atoms with E-state index in [0.29, 0.717) is 5.11 Å². The minimum absolute atomic E-state index is 0.0940. The molecule has 0 saturated heterocycles. The fraction of sp³-hybridized carbons (Fsp3) is 0.111. The van der Waals surface area contributed by atoms with Gasteiger partial charge in [-0.25, -0.2) is 4.98 Å². The van der Waals surface area contributed by atoms with Gasteiger partial charge >= 0.3 is 0 Å². The summed E-state index contributed by atoms with van der Waals surface area (Å²) in [6, 6.07) is 18.6. The van der Waals surface area contributed by atoms with Crippen molar-refractivity contribution in [3.63, 3.8) is 0 Å². The van der Waals surface area contributed by atoms with Crippen LogP contribution in [0.1, 0.15) is 18.5 Å². The van der Waals surface area contributed by atoms with E-state index in [1.807, 2.05) is 12.1 Å². The number of rotatable bonds is 3. The molecule has 2 N–H and O–H groups in total. The first-order valence-corrected chi connectivity index (χ1v) is 8.50. The summed E-state index contributed by atoms with van der Waals surface area (Å²) < 4.78 is 0.936. The molecule has 0 radical (unpaired) electrons. The van der Waals surface area contributed by atoms with Crippen molar-refractivity contribution in [2.45, 2.75) is 13.0 Å². The van der Waals surface area contributed by atoms with Gasteiger partial charge in [-0.1, -0.05) is 42.5 Å². The van der Waals surface area contributed by atoms with Crippen molar-refractivity contribution < 1.29 is 0 Å². The van der Waals surface area contributed by atoms with Crippen molar-refractivity contribution >= 4 is 49.9 Å². The summed E-state index contributed by atoms with van der Waals surface area (Å²) >= 11 is 8.76. The van der Waals surface area contributed by atoms with Crippen LogP contribution in [0.5, 0.6) is 0 Å². The Morgan fingerprint density at radius 2 is 1.87 bits per heavy atom. The molecule has 0 amide bonds. The molecule has 0 unspecified atom stereocenters. The van der Waals surface area contributed by atoms with Crippen molar-refractivity contribution in [3.8, 4) is 0 Å². The minimum Gasteiger partial charge on any atom is -0.356 e. The molecule has 0 aliphatic carbocycles. The Bertz CT molecular complexity index is 828. The Hall–Kier alpha value is -1.98. The third kappa shape index (κ3) is 3.86. The van der Waals surface area contributed by atoms with E-state index in [0.717, 1.165) is 10.3 Å². The van der Waals surface area contributed by atoms with Crippen LogP contribution in [0.15, 0.2) is 65.3 Å². The highest BCUT2D eigenvalue weighted by atomic mass is 79.9. The van der Waals surface area contributed by atoms with E-state index in [4.69, 9.17) is 12.2 Å².